The fourth-order valence-corrected chi connectivity index (χ4v) is 2.62. The molecule has 0 spiro atoms. The topological polar surface area (TPSA) is 35.1 Å². The van der Waals surface area contributed by atoms with Gasteiger partial charge in [0.1, 0.15) is 4.83 Å². The van der Waals surface area contributed by atoms with Gasteiger partial charge in [-0.3, -0.25) is 9.08 Å². The Morgan fingerprint density at radius 2 is 2.00 bits per heavy atom. The number of imidazole rings is 1. The maximum atomic E-state index is 4.42. The predicted molar refractivity (Wildman–Crippen MR) is 69.3 cm³/mol. The molecule has 0 aliphatic rings. The van der Waals surface area contributed by atoms with Crippen molar-refractivity contribution >= 4 is 16.2 Å². The van der Waals surface area contributed by atoms with Crippen molar-refractivity contribution in [3.05, 3.63) is 31.1 Å². The number of hydrogen-bond donors (Lipinski definition) is 0. The van der Waals surface area contributed by atoms with E-state index in [0.717, 1.165) is 10.4 Å². The molecule has 0 aliphatic carbocycles. The molecule has 0 aliphatic heterocycles. The molecule has 0 fully saturated rings. The molecule has 0 saturated carbocycles. The van der Waals surface area contributed by atoms with E-state index in [-0.39, 0.29) is 5.54 Å². The fourth-order valence-electron chi connectivity index (χ4n) is 1.68. The SMILES string of the molecule is CC(C)(C)n1cc(-c2cn3cncc3s2)cn1. The van der Waals surface area contributed by atoms with Crippen molar-refractivity contribution in [1.29, 1.82) is 0 Å². The van der Waals surface area contributed by atoms with E-state index in [1.54, 1.807) is 11.3 Å². The van der Waals surface area contributed by atoms with Gasteiger partial charge in [-0.15, -0.1) is 11.3 Å². The summed E-state index contributed by atoms with van der Waals surface area (Å²) in [5.74, 6) is 0. The molecule has 0 radical (unpaired) electrons. The summed E-state index contributed by atoms with van der Waals surface area (Å²) in [6.07, 6.45) is 9.81. The number of fused-ring (bicyclic) bond motifs is 1. The van der Waals surface area contributed by atoms with E-state index in [2.05, 4.69) is 43.2 Å². The molecule has 4 nitrogen and oxygen atoms in total. The van der Waals surface area contributed by atoms with Crippen LogP contribution in [0.2, 0.25) is 0 Å². The van der Waals surface area contributed by atoms with Crippen LogP contribution in [-0.2, 0) is 5.54 Å². The van der Waals surface area contributed by atoms with Gasteiger partial charge >= 0.3 is 0 Å². The van der Waals surface area contributed by atoms with Crippen molar-refractivity contribution in [2.24, 2.45) is 0 Å². The summed E-state index contributed by atoms with van der Waals surface area (Å²) in [7, 11) is 0. The summed E-state index contributed by atoms with van der Waals surface area (Å²) in [4.78, 5) is 6.47. The first-order valence-electron chi connectivity index (χ1n) is 5.51. The van der Waals surface area contributed by atoms with Gasteiger partial charge in [-0.2, -0.15) is 5.10 Å². The van der Waals surface area contributed by atoms with Crippen LogP contribution in [0.25, 0.3) is 15.3 Å². The van der Waals surface area contributed by atoms with Crippen LogP contribution in [0, 0.1) is 0 Å². The van der Waals surface area contributed by atoms with Gasteiger partial charge in [-0.1, -0.05) is 0 Å². The number of rotatable bonds is 1. The Morgan fingerprint density at radius 3 is 2.65 bits per heavy atom. The zero-order valence-corrected chi connectivity index (χ0v) is 10.9. The Labute approximate surface area is 104 Å². The Balaban J connectivity index is 2.04. The van der Waals surface area contributed by atoms with E-state index in [9.17, 15) is 0 Å². The summed E-state index contributed by atoms with van der Waals surface area (Å²) < 4.78 is 4.03. The normalized spacial score (nSPS) is 12.4. The van der Waals surface area contributed by atoms with Crippen molar-refractivity contribution in [3.63, 3.8) is 0 Å². The highest BCUT2D eigenvalue weighted by Crippen LogP contribution is 2.29. The second kappa shape index (κ2) is 3.43. The van der Waals surface area contributed by atoms with Gasteiger partial charge in [0.2, 0.25) is 0 Å². The molecule has 0 amide bonds. The maximum absolute atomic E-state index is 4.42. The fraction of sp³-hybridized carbons (Fsp3) is 0.333. The lowest BCUT2D eigenvalue weighted by molar-refractivity contribution is 0.355. The number of thiazole rings is 1. The van der Waals surface area contributed by atoms with Crippen LogP contribution in [-0.4, -0.2) is 19.2 Å². The van der Waals surface area contributed by atoms with Gasteiger partial charge in [0.05, 0.1) is 29.1 Å². The van der Waals surface area contributed by atoms with E-state index in [4.69, 9.17) is 0 Å². The molecule has 17 heavy (non-hydrogen) atoms. The Morgan fingerprint density at radius 1 is 1.18 bits per heavy atom. The zero-order valence-electron chi connectivity index (χ0n) is 10.1. The molecular formula is C12H14N4S. The van der Waals surface area contributed by atoms with Crippen LogP contribution in [0.15, 0.2) is 31.1 Å². The smallest absolute Gasteiger partial charge is 0.120 e. The highest BCUT2D eigenvalue weighted by molar-refractivity contribution is 7.20. The highest BCUT2D eigenvalue weighted by atomic mass is 32.1. The molecule has 0 unspecified atom stereocenters. The molecular weight excluding hydrogens is 232 g/mol. The van der Waals surface area contributed by atoms with E-state index in [0.29, 0.717) is 0 Å². The van der Waals surface area contributed by atoms with Crippen LogP contribution < -0.4 is 0 Å². The zero-order chi connectivity index (χ0) is 12.0. The summed E-state index contributed by atoms with van der Waals surface area (Å²) >= 11 is 1.73. The van der Waals surface area contributed by atoms with E-state index < -0.39 is 0 Å². The van der Waals surface area contributed by atoms with Crippen LogP contribution >= 0.6 is 11.3 Å². The summed E-state index contributed by atoms with van der Waals surface area (Å²) in [6.45, 7) is 6.44. The quantitative estimate of drug-likeness (QED) is 0.661. The largest absolute Gasteiger partial charge is 0.296 e. The van der Waals surface area contributed by atoms with Crippen LogP contribution in [0.4, 0.5) is 0 Å². The maximum Gasteiger partial charge on any atom is 0.120 e. The lowest BCUT2D eigenvalue weighted by Crippen LogP contribution is -2.21. The van der Waals surface area contributed by atoms with Gasteiger partial charge < -0.3 is 0 Å². The van der Waals surface area contributed by atoms with Crippen molar-refractivity contribution in [3.8, 4) is 10.4 Å². The number of aromatic nitrogens is 4. The van der Waals surface area contributed by atoms with Gasteiger partial charge in [-0.25, -0.2) is 4.98 Å². The third kappa shape index (κ3) is 1.76. The van der Waals surface area contributed by atoms with Gasteiger partial charge in [-0.05, 0) is 20.8 Å². The van der Waals surface area contributed by atoms with Gasteiger partial charge in [0.15, 0.2) is 0 Å². The molecule has 5 heteroatoms. The summed E-state index contributed by atoms with van der Waals surface area (Å²) in [6, 6.07) is 0. The van der Waals surface area contributed by atoms with Crippen LogP contribution in [0.1, 0.15) is 20.8 Å². The minimum absolute atomic E-state index is 0.0267. The van der Waals surface area contributed by atoms with Gasteiger partial charge in [0, 0.05) is 18.0 Å². The average Bonchev–Trinajstić information content (AvgIpc) is 2.90. The van der Waals surface area contributed by atoms with Gasteiger partial charge in [0.25, 0.3) is 0 Å². The van der Waals surface area contributed by atoms with E-state index >= 15 is 0 Å². The number of hydrogen-bond acceptors (Lipinski definition) is 3. The minimum atomic E-state index is 0.0267. The first kappa shape index (κ1) is 10.5. The second-order valence-electron chi connectivity index (χ2n) is 5.08. The Kier molecular flexibility index (Phi) is 2.13. The van der Waals surface area contributed by atoms with E-state index in [1.165, 1.54) is 4.88 Å². The minimum Gasteiger partial charge on any atom is -0.296 e. The summed E-state index contributed by atoms with van der Waals surface area (Å²) in [5.41, 5.74) is 1.19. The molecule has 0 N–H and O–H groups in total. The van der Waals surface area contributed by atoms with Crippen molar-refractivity contribution in [2.45, 2.75) is 26.3 Å². The molecule has 88 valence electrons. The predicted octanol–water partition coefficient (Wildman–Crippen LogP) is 3.01. The molecule has 3 aromatic rings. The first-order valence-corrected chi connectivity index (χ1v) is 6.33. The third-order valence-corrected chi connectivity index (χ3v) is 3.74. The molecule has 3 rings (SSSR count). The molecule has 0 atom stereocenters. The lowest BCUT2D eigenvalue weighted by atomic mass is 10.1. The van der Waals surface area contributed by atoms with Crippen molar-refractivity contribution in [2.75, 3.05) is 0 Å². The standard InChI is InChI=1S/C12H14N4S/c1-12(2,3)16-6-9(4-14-16)10-7-15-8-13-5-11(15)17-10/h4-8H,1-3H3. The number of nitrogens with zero attached hydrogens (tertiary/aromatic N) is 4. The van der Waals surface area contributed by atoms with Crippen molar-refractivity contribution < 1.29 is 0 Å². The monoisotopic (exact) mass is 246 g/mol. The third-order valence-electron chi connectivity index (χ3n) is 2.66. The van der Waals surface area contributed by atoms with Crippen LogP contribution in [0.5, 0.6) is 0 Å². The van der Waals surface area contributed by atoms with Crippen molar-refractivity contribution in [1.82, 2.24) is 19.2 Å². The summed E-state index contributed by atoms with van der Waals surface area (Å²) in [5, 5.41) is 4.42. The lowest BCUT2D eigenvalue weighted by Gasteiger charge is -2.18. The average molecular weight is 246 g/mol. The molecule has 3 aromatic heterocycles. The highest BCUT2D eigenvalue weighted by Gasteiger charge is 2.15. The Hall–Kier alpha value is -1.62. The first-order chi connectivity index (χ1) is 8.04. The second-order valence-corrected chi connectivity index (χ2v) is 6.14. The molecule has 0 aromatic carbocycles. The van der Waals surface area contributed by atoms with E-state index in [1.807, 2.05) is 27.8 Å². The van der Waals surface area contributed by atoms with Crippen LogP contribution in [0.3, 0.4) is 0 Å². The molecule has 0 saturated heterocycles. The molecule has 3 heterocycles. The molecule has 0 bridgehead atoms. The Bertz CT molecular complexity index is 625.